The van der Waals surface area contributed by atoms with Gasteiger partial charge in [-0.15, -0.1) is 0 Å². The van der Waals surface area contributed by atoms with Gasteiger partial charge in [-0.1, -0.05) is 0 Å². The molecule has 0 aromatic heterocycles. The predicted molar refractivity (Wildman–Crippen MR) is 37.1 cm³/mol. The molecule has 0 saturated heterocycles. The number of hydrogen-bond acceptors (Lipinski definition) is 2. The average molecular weight is 150 g/mol. The van der Waals surface area contributed by atoms with Crippen molar-refractivity contribution in [3.63, 3.8) is 0 Å². The van der Waals surface area contributed by atoms with Crippen LogP contribution in [0.4, 0.5) is 0 Å². The molecule has 0 saturated carbocycles. The van der Waals surface area contributed by atoms with Gasteiger partial charge in [-0.3, -0.25) is 5.41 Å². The number of ether oxygens (including phenoxy) is 1. The predicted octanol–water partition coefficient (Wildman–Crippen LogP) is 0.382. The largest absolute Gasteiger partial charge is 0.468 e. The zero-order valence-electron chi connectivity index (χ0n) is 5.23. The fourth-order valence-electron chi connectivity index (χ4n) is 0.293. The Balaban J connectivity index is 3.91. The molecular weight excluding hydrogens is 142 g/mol. The number of rotatable bonds is 0. The van der Waals surface area contributed by atoms with E-state index >= 15 is 0 Å². The van der Waals surface area contributed by atoms with Gasteiger partial charge in [0.2, 0.25) is 5.29 Å². The third-order valence-electron chi connectivity index (χ3n) is 0.607. The Hall–Kier alpha value is -0.770. The molecule has 2 N–H and O–H groups in total. The van der Waals surface area contributed by atoms with Gasteiger partial charge in [-0.2, -0.15) is 4.99 Å². The number of nitrogens with zero attached hydrogens (tertiary/aromatic N) is 1. The minimum atomic E-state index is -0.304. The molecule has 52 valence electrons. The first kappa shape index (κ1) is 8.23. The molecule has 0 rings (SSSR count). The molecule has 0 fully saturated rings. The lowest BCUT2D eigenvalue weighted by atomic mass is 11.0. The van der Waals surface area contributed by atoms with E-state index in [2.05, 4.69) is 15.0 Å². The lowest BCUT2D eigenvalue weighted by Crippen LogP contribution is -2.20. The smallest absolute Gasteiger partial charge is 0.291 e. The van der Waals surface area contributed by atoms with Gasteiger partial charge in [0.15, 0.2) is 0 Å². The summed E-state index contributed by atoms with van der Waals surface area (Å²) in [5, 5.41) is 8.97. The van der Waals surface area contributed by atoms with E-state index < -0.39 is 0 Å². The van der Waals surface area contributed by atoms with Gasteiger partial charge in [0, 0.05) is 7.05 Å². The van der Waals surface area contributed by atoms with Crippen LogP contribution in [0, 0.1) is 5.41 Å². The standard InChI is InChI=1S/C4H8ClN3O/c1-7-4(9-2)8-3(5)6/h1-2H3,(H2,6,7,8). The highest BCUT2D eigenvalue weighted by Crippen LogP contribution is 1.83. The van der Waals surface area contributed by atoms with Crippen LogP contribution in [0.15, 0.2) is 4.99 Å². The number of halogens is 1. The van der Waals surface area contributed by atoms with Gasteiger partial charge in [0.05, 0.1) is 7.11 Å². The van der Waals surface area contributed by atoms with Crippen LogP contribution in [0.1, 0.15) is 0 Å². The van der Waals surface area contributed by atoms with Crippen LogP contribution in [-0.4, -0.2) is 25.5 Å². The van der Waals surface area contributed by atoms with Crippen LogP contribution in [0.2, 0.25) is 0 Å². The van der Waals surface area contributed by atoms with Crippen molar-refractivity contribution in [1.29, 1.82) is 5.41 Å². The Morgan fingerprint density at radius 3 is 2.44 bits per heavy atom. The Labute approximate surface area is 58.4 Å². The highest BCUT2D eigenvalue weighted by molar-refractivity contribution is 6.64. The van der Waals surface area contributed by atoms with E-state index in [1.165, 1.54) is 7.11 Å². The maximum absolute atomic E-state index is 6.69. The number of aliphatic imine (C=N–C) groups is 1. The fourth-order valence-corrected chi connectivity index (χ4v) is 0.370. The zero-order chi connectivity index (χ0) is 7.28. The minimum Gasteiger partial charge on any atom is -0.468 e. The molecule has 5 heteroatoms. The highest BCUT2D eigenvalue weighted by atomic mass is 35.5. The van der Waals surface area contributed by atoms with Crippen LogP contribution < -0.4 is 5.32 Å². The summed E-state index contributed by atoms with van der Waals surface area (Å²) >= 11 is 5.11. The van der Waals surface area contributed by atoms with E-state index in [1.807, 2.05) is 0 Å². The molecule has 0 amide bonds. The Bertz CT molecular complexity index is 128. The van der Waals surface area contributed by atoms with Gasteiger partial charge in [0.25, 0.3) is 6.02 Å². The molecule has 0 heterocycles. The summed E-state index contributed by atoms with van der Waals surface area (Å²) in [5.74, 6) is 0. The number of hydrogen-bond donors (Lipinski definition) is 2. The highest BCUT2D eigenvalue weighted by Gasteiger charge is 1.91. The number of amidine groups is 2. The third kappa shape index (κ3) is 3.78. The summed E-state index contributed by atoms with van der Waals surface area (Å²) in [4.78, 5) is 3.45. The van der Waals surface area contributed by atoms with E-state index in [0.717, 1.165) is 0 Å². The molecule has 0 aromatic rings. The first-order valence-electron chi connectivity index (χ1n) is 2.25. The van der Waals surface area contributed by atoms with Gasteiger partial charge in [-0.05, 0) is 11.6 Å². The van der Waals surface area contributed by atoms with E-state index in [1.54, 1.807) is 7.05 Å². The first-order chi connectivity index (χ1) is 4.20. The Morgan fingerprint density at radius 1 is 1.78 bits per heavy atom. The summed E-state index contributed by atoms with van der Waals surface area (Å²) in [6.45, 7) is 0. The normalized spacial score (nSPS) is 10.8. The van der Waals surface area contributed by atoms with Crippen molar-refractivity contribution >= 4 is 22.9 Å². The molecule has 0 aliphatic carbocycles. The summed E-state index contributed by atoms with van der Waals surface area (Å²) in [6.07, 6.45) is 0. The molecule has 0 bridgehead atoms. The van der Waals surface area contributed by atoms with E-state index in [0.29, 0.717) is 0 Å². The Morgan fingerprint density at radius 2 is 2.33 bits per heavy atom. The molecule has 0 aliphatic rings. The topological polar surface area (TPSA) is 57.5 Å². The SMILES string of the molecule is CN/C(=N\C(=N)Cl)OC. The van der Waals surface area contributed by atoms with Gasteiger partial charge in [-0.25, -0.2) is 0 Å². The quantitative estimate of drug-likeness (QED) is 0.297. The molecule has 4 nitrogen and oxygen atoms in total. The molecular formula is C4H8ClN3O. The second-order valence-electron chi connectivity index (χ2n) is 1.16. The summed E-state index contributed by atoms with van der Waals surface area (Å²) < 4.78 is 4.62. The molecule has 0 aliphatic heterocycles. The maximum atomic E-state index is 6.69. The van der Waals surface area contributed by atoms with E-state index in [4.69, 9.17) is 17.0 Å². The number of nitrogens with one attached hydrogen (secondary N) is 2. The fraction of sp³-hybridized carbons (Fsp3) is 0.500. The van der Waals surface area contributed by atoms with Crippen molar-refractivity contribution in [2.45, 2.75) is 0 Å². The van der Waals surface area contributed by atoms with Crippen LogP contribution in [0.3, 0.4) is 0 Å². The summed E-state index contributed by atoms with van der Waals surface area (Å²) in [7, 11) is 3.07. The second-order valence-corrected chi connectivity index (χ2v) is 1.52. The monoisotopic (exact) mass is 149 g/mol. The molecule has 0 spiro atoms. The van der Waals surface area contributed by atoms with Gasteiger partial charge in [0.1, 0.15) is 0 Å². The van der Waals surface area contributed by atoms with Crippen LogP contribution in [-0.2, 0) is 4.74 Å². The maximum Gasteiger partial charge on any atom is 0.291 e. The van der Waals surface area contributed by atoms with Crippen LogP contribution in [0.5, 0.6) is 0 Å². The van der Waals surface area contributed by atoms with E-state index in [-0.39, 0.29) is 11.3 Å². The van der Waals surface area contributed by atoms with Gasteiger partial charge >= 0.3 is 0 Å². The van der Waals surface area contributed by atoms with Crippen molar-refractivity contribution in [2.75, 3.05) is 14.2 Å². The molecule has 0 radical (unpaired) electrons. The van der Waals surface area contributed by atoms with E-state index in [9.17, 15) is 0 Å². The van der Waals surface area contributed by atoms with Crippen molar-refractivity contribution in [3.05, 3.63) is 0 Å². The van der Waals surface area contributed by atoms with Crippen LogP contribution in [0.25, 0.3) is 0 Å². The summed E-state index contributed by atoms with van der Waals surface area (Å²) in [5.41, 5.74) is 0. The lowest BCUT2D eigenvalue weighted by molar-refractivity contribution is 0.386. The van der Waals surface area contributed by atoms with Crippen molar-refractivity contribution in [3.8, 4) is 0 Å². The van der Waals surface area contributed by atoms with Crippen molar-refractivity contribution < 1.29 is 4.74 Å². The minimum absolute atomic E-state index is 0.231. The second kappa shape index (κ2) is 4.14. The number of methoxy groups -OCH3 is 1. The van der Waals surface area contributed by atoms with Crippen molar-refractivity contribution in [2.24, 2.45) is 4.99 Å². The summed E-state index contributed by atoms with van der Waals surface area (Å²) in [6, 6.07) is 0.231. The molecule has 0 aromatic carbocycles. The molecule has 9 heavy (non-hydrogen) atoms. The van der Waals surface area contributed by atoms with Crippen molar-refractivity contribution in [1.82, 2.24) is 5.32 Å². The average Bonchev–Trinajstić information content (AvgIpc) is 1.82. The van der Waals surface area contributed by atoms with Crippen LogP contribution >= 0.6 is 11.6 Å². The van der Waals surface area contributed by atoms with Gasteiger partial charge < -0.3 is 10.1 Å². The first-order valence-corrected chi connectivity index (χ1v) is 2.63. The molecule has 0 unspecified atom stereocenters. The Kier molecular flexibility index (Phi) is 3.79. The molecule has 0 atom stereocenters. The third-order valence-corrected chi connectivity index (χ3v) is 0.691. The lowest BCUT2D eigenvalue weighted by Gasteiger charge is -1.99. The zero-order valence-corrected chi connectivity index (χ0v) is 5.99.